The fraction of sp³-hybridized carbons (Fsp3) is 0.533. The second kappa shape index (κ2) is 7.70. The number of aryl methyl sites for hydroxylation is 1. The van der Waals surface area contributed by atoms with Crippen LogP contribution in [0.5, 0.6) is 0 Å². The Hall–Kier alpha value is -1.67. The topological polar surface area (TPSA) is 85.2 Å². The summed E-state index contributed by atoms with van der Waals surface area (Å²) in [6, 6.07) is 4.10. The number of hydrogen-bond acceptors (Lipinski definition) is 5. The summed E-state index contributed by atoms with van der Waals surface area (Å²) in [6.07, 6.45) is -4.56. The van der Waals surface area contributed by atoms with Crippen molar-refractivity contribution in [3.63, 3.8) is 0 Å². The first-order valence-corrected chi connectivity index (χ1v) is 9.16. The molecule has 1 aromatic carbocycles. The monoisotopic (exact) mass is 376 g/mol. The molecule has 1 fully saturated rings. The van der Waals surface area contributed by atoms with E-state index >= 15 is 0 Å². The Kier molecular flexibility index (Phi) is 6.05. The minimum absolute atomic E-state index is 0.0688. The van der Waals surface area contributed by atoms with Crippen LogP contribution in [-0.4, -0.2) is 58.3 Å². The molecule has 1 saturated heterocycles. The highest BCUT2D eigenvalue weighted by Crippen LogP contribution is 2.26. The molecule has 1 atom stereocenters. The number of halogens is 3. The van der Waals surface area contributed by atoms with E-state index in [2.05, 4.69) is 5.32 Å². The fourth-order valence-electron chi connectivity index (χ4n) is 2.72. The summed E-state index contributed by atoms with van der Waals surface area (Å²) in [6.45, 7) is 1.95. The molecule has 2 N–H and O–H groups in total. The number of nitrogens with one attached hydrogen (secondary N) is 2. The van der Waals surface area contributed by atoms with Gasteiger partial charge in [-0.05, 0) is 18.6 Å². The van der Waals surface area contributed by atoms with E-state index in [-0.39, 0.29) is 23.5 Å². The maximum atomic E-state index is 13.3. The van der Waals surface area contributed by atoms with Crippen LogP contribution in [0.25, 0.3) is 0 Å². The Morgan fingerprint density at radius 3 is 2.56 bits per heavy atom. The minimum atomic E-state index is -4.56. The van der Waals surface area contributed by atoms with E-state index in [9.17, 15) is 21.6 Å². The molecule has 1 aliphatic rings. The van der Waals surface area contributed by atoms with Crippen molar-refractivity contribution in [1.29, 1.82) is 5.26 Å². The van der Waals surface area contributed by atoms with E-state index in [4.69, 9.17) is 5.26 Å². The summed E-state index contributed by atoms with van der Waals surface area (Å²) in [5.41, 5.74) is 0.376. The van der Waals surface area contributed by atoms with Crippen LogP contribution in [0.1, 0.15) is 11.1 Å². The molecule has 1 aromatic rings. The van der Waals surface area contributed by atoms with Crippen LogP contribution >= 0.6 is 0 Å². The van der Waals surface area contributed by atoms with Crippen molar-refractivity contribution in [2.45, 2.75) is 24.0 Å². The highest BCUT2D eigenvalue weighted by atomic mass is 32.2. The van der Waals surface area contributed by atoms with Crippen LogP contribution in [0.4, 0.5) is 13.2 Å². The van der Waals surface area contributed by atoms with Gasteiger partial charge in [0.2, 0.25) is 10.0 Å². The molecule has 1 heterocycles. The second-order valence-electron chi connectivity index (χ2n) is 5.76. The highest BCUT2D eigenvalue weighted by Gasteiger charge is 2.44. The van der Waals surface area contributed by atoms with Crippen LogP contribution in [0.3, 0.4) is 0 Å². The Labute approximate surface area is 144 Å². The quantitative estimate of drug-likeness (QED) is 0.800. The standard InChI is InChI=1S/C15H19F3N4O2S/c1-11-3-2-4-13(12(11)9-19)25(23,24)21-10-14(15(16,17)18)22-7-5-20-6-8-22/h2-4,14,20-21H,5-8,10H2,1H3. The Balaban J connectivity index is 2.22. The first-order chi connectivity index (χ1) is 11.7. The number of alkyl halides is 3. The van der Waals surface area contributed by atoms with E-state index in [1.165, 1.54) is 17.0 Å². The lowest BCUT2D eigenvalue weighted by atomic mass is 10.1. The van der Waals surface area contributed by atoms with Crippen molar-refractivity contribution in [1.82, 2.24) is 14.9 Å². The van der Waals surface area contributed by atoms with Gasteiger partial charge >= 0.3 is 6.18 Å². The molecule has 1 unspecified atom stereocenters. The molecule has 10 heteroatoms. The number of benzene rings is 1. The van der Waals surface area contributed by atoms with Crippen molar-refractivity contribution in [3.05, 3.63) is 29.3 Å². The normalized spacial score (nSPS) is 17.9. The molecular formula is C15H19F3N4O2S. The molecule has 2 rings (SSSR count). The minimum Gasteiger partial charge on any atom is -0.314 e. The van der Waals surface area contributed by atoms with Gasteiger partial charge in [-0.25, -0.2) is 13.1 Å². The molecule has 0 saturated carbocycles. The van der Waals surface area contributed by atoms with Crippen LogP contribution in [0.2, 0.25) is 0 Å². The Morgan fingerprint density at radius 2 is 2.00 bits per heavy atom. The van der Waals surface area contributed by atoms with Crippen molar-refractivity contribution < 1.29 is 21.6 Å². The molecule has 1 aliphatic heterocycles. The summed E-state index contributed by atoms with van der Waals surface area (Å²) < 4.78 is 66.9. The third-order valence-electron chi connectivity index (χ3n) is 4.07. The maximum absolute atomic E-state index is 13.3. The highest BCUT2D eigenvalue weighted by molar-refractivity contribution is 7.89. The van der Waals surface area contributed by atoms with Crippen molar-refractivity contribution in [2.75, 3.05) is 32.7 Å². The zero-order valence-corrected chi connectivity index (χ0v) is 14.4. The summed E-state index contributed by atoms with van der Waals surface area (Å²) >= 11 is 0. The van der Waals surface area contributed by atoms with Crippen LogP contribution < -0.4 is 10.0 Å². The first kappa shape index (κ1) is 19.7. The van der Waals surface area contributed by atoms with Gasteiger partial charge in [0.1, 0.15) is 12.1 Å². The number of rotatable bonds is 5. The Bertz CT molecular complexity index is 753. The number of sulfonamides is 1. The predicted molar refractivity (Wildman–Crippen MR) is 85.4 cm³/mol. The van der Waals surface area contributed by atoms with E-state index in [1.54, 1.807) is 19.1 Å². The van der Waals surface area contributed by atoms with Crippen LogP contribution in [-0.2, 0) is 10.0 Å². The van der Waals surface area contributed by atoms with E-state index < -0.39 is 28.8 Å². The van der Waals surface area contributed by atoms with Crippen molar-refractivity contribution in [2.24, 2.45) is 0 Å². The molecule has 6 nitrogen and oxygen atoms in total. The summed E-state index contributed by atoms with van der Waals surface area (Å²) in [4.78, 5) is 0.900. The molecular weight excluding hydrogens is 357 g/mol. The van der Waals surface area contributed by atoms with E-state index in [0.717, 1.165) is 0 Å². The lowest BCUT2D eigenvalue weighted by molar-refractivity contribution is -0.182. The zero-order chi connectivity index (χ0) is 18.7. The summed E-state index contributed by atoms with van der Waals surface area (Å²) in [5, 5.41) is 12.1. The predicted octanol–water partition coefficient (Wildman–Crippen LogP) is 0.981. The van der Waals surface area contributed by atoms with Gasteiger partial charge in [0.25, 0.3) is 0 Å². The number of hydrogen-bond donors (Lipinski definition) is 2. The molecule has 25 heavy (non-hydrogen) atoms. The van der Waals surface area contributed by atoms with Gasteiger partial charge in [-0.2, -0.15) is 18.4 Å². The Morgan fingerprint density at radius 1 is 1.36 bits per heavy atom. The van der Waals surface area contributed by atoms with Crippen molar-refractivity contribution >= 4 is 10.0 Å². The third kappa shape index (κ3) is 4.70. The largest absolute Gasteiger partial charge is 0.405 e. The molecule has 0 aliphatic carbocycles. The third-order valence-corrected chi connectivity index (χ3v) is 5.54. The number of piperazine rings is 1. The molecule has 0 aromatic heterocycles. The van der Waals surface area contributed by atoms with E-state index in [0.29, 0.717) is 18.7 Å². The molecule has 138 valence electrons. The zero-order valence-electron chi connectivity index (χ0n) is 13.6. The average molecular weight is 376 g/mol. The van der Waals surface area contributed by atoms with Gasteiger partial charge in [-0.1, -0.05) is 12.1 Å². The first-order valence-electron chi connectivity index (χ1n) is 7.67. The van der Waals surface area contributed by atoms with Gasteiger partial charge in [-0.3, -0.25) is 4.90 Å². The van der Waals surface area contributed by atoms with Crippen molar-refractivity contribution in [3.8, 4) is 6.07 Å². The summed E-state index contributed by atoms with van der Waals surface area (Å²) in [5.74, 6) is 0. The van der Waals surface area contributed by atoms with Gasteiger partial charge in [0.15, 0.2) is 0 Å². The van der Waals surface area contributed by atoms with Crippen LogP contribution in [0, 0.1) is 18.3 Å². The van der Waals surface area contributed by atoms with Crippen LogP contribution in [0.15, 0.2) is 23.1 Å². The van der Waals surface area contributed by atoms with Gasteiger partial charge in [0.05, 0.1) is 10.5 Å². The molecule has 0 spiro atoms. The van der Waals surface area contributed by atoms with Gasteiger partial charge in [0, 0.05) is 32.7 Å². The van der Waals surface area contributed by atoms with E-state index in [1.807, 2.05) is 4.72 Å². The van der Waals surface area contributed by atoms with Gasteiger partial charge < -0.3 is 5.32 Å². The van der Waals surface area contributed by atoms with Gasteiger partial charge in [-0.15, -0.1) is 0 Å². The maximum Gasteiger partial charge on any atom is 0.405 e. The molecule has 0 bridgehead atoms. The number of nitrogens with zero attached hydrogens (tertiary/aromatic N) is 2. The molecule has 0 radical (unpaired) electrons. The molecule has 0 amide bonds. The SMILES string of the molecule is Cc1cccc(S(=O)(=O)NCC(N2CCNCC2)C(F)(F)F)c1C#N. The second-order valence-corrected chi connectivity index (χ2v) is 7.49. The lowest BCUT2D eigenvalue weighted by Gasteiger charge is -2.35. The lowest BCUT2D eigenvalue weighted by Crippen LogP contribution is -2.57. The average Bonchev–Trinajstić information content (AvgIpc) is 2.54. The summed E-state index contributed by atoms with van der Waals surface area (Å²) in [7, 11) is -4.23. The smallest absolute Gasteiger partial charge is 0.314 e. The number of nitriles is 1. The fourth-order valence-corrected chi connectivity index (χ4v) is 3.99.